The molecular formula is C14H16ClNO3. The SMILES string of the molecule is CCc1c(C2(N=C=O)CC2)cc(Cl)c(OC)c1OC. The van der Waals surface area contributed by atoms with Crippen molar-refractivity contribution >= 4 is 17.7 Å². The molecule has 0 amide bonds. The molecule has 0 aromatic heterocycles. The van der Waals surface area contributed by atoms with Crippen LogP contribution in [0, 0.1) is 0 Å². The zero-order valence-electron chi connectivity index (χ0n) is 11.2. The predicted molar refractivity (Wildman–Crippen MR) is 73.0 cm³/mol. The molecule has 1 aromatic rings. The lowest BCUT2D eigenvalue weighted by Crippen LogP contribution is -2.09. The molecule has 0 N–H and O–H groups in total. The van der Waals surface area contributed by atoms with Crippen molar-refractivity contribution in [2.24, 2.45) is 4.99 Å². The van der Waals surface area contributed by atoms with E-state index in [-0.39, 0.29) is 0 Å². The Hall–Kier alpha value is -1.51. The maximum absolute atomic E-state index is 10.6. The summed E-state index contributed by atoms with van der Waals surface area (Å²) in [6.07, 6.45) is 4.09. The highest BCUT2D eigenvalue weighted by atomic mass is 35.5. The summed E-state index contributed by atoms with van der Waals surface area (Å²) in [6.45, 7) is 2.02. The Balaban J connectivity index is 2.68. The van der Waals surface area contributed by atoms with E-state index in [0.29, 0.717) is 16.5 Å². The average molecular weight is 282 g/mol. The van der Waals surface area contributed by atoms with Crippen molar-refractivity contribution in [1.29, 1.82) is 0 Å². The molecular weight excluding hydrogens is 266 g/mol. The van der Waals surface area contributed by atoms with E-state index in [2.05, 4.69) is 4.99 Å². The van der Waals surface area contributed by atoms with Crippen LogP contribution in [0.4, 0.5) is 0 Å². The molecule has 19 heavy (non-hydrogen) atoms. The van der Waals surface area contributed by atoms with E-state index in [1.54, 1.807) is 20.3 Å². The molecule has 0 saturated heterocycles. The van der Waals surface area contributed by atoms with Crippen LogP contribution in [0.15, 0.2) is 11.1 Å². The van der Waals surface area contributed by atoms with Crippen LogP contribution in [0.3, 0.4) is 0 Å². The number of rotatable bonds is 5. The number of nitrogens with zero attached hydrogens (tertiary/aromatic N) is 1. The van der Waals surface area contributed by atoms with Crippen molar-refractivity contribution in [3.05, 3.63) is 22.2 Å². The van der Waals surface area contributed by atoms with Crippen molar-refractivity contribution in [2.75, 3.05) is 14.2 Å². The van der Waals surface area contributed by atoms with Gasteiger partial charge < -0.3 is 9.47 Å². The van der Waals surface area contributed by atoms with Gasteiger partial charge in [0.05, 0.1) is 24.8 Å². The number of halogens is 1. The first-order chi connectivity index (χ1) is 9.13. The minimum absolute atomic E-state index is 0.462. The first-order valence-corrected chi connectivity index (χ1v) is 6.54. The Morgan fingerprint density at radius 2 is 2.00 bits per heavy atom. The standard InChI is InChI=1S/C14H16ClNO3/c1-4-9-10(14(5-6-14)16-8-17)7-11(15)13(19-3)12(9)18-2/h7H,4-6H2,1-3H3. The quantitative estimate of drug-likeness (QED) is 0.615. The van der Waals surface area contributed by atoms with E-state index in [0.717, 1.165) is 30.4 Å². The first kappa shape index (κ1) is 13.9. The molecule has 0 heterocycles. The summed E-state index contributed by atoms with van der Waals surface area (Å²) in [4.78, 5) is 14.6. The van der Waals surface area contributed by atoms with Gasteiger partial charge in [-0.2, -0.15) is 4.99 Å². The highest BCUT2D eigenvalue weighted by Crippen LogP contribution is 2.54. The van der Waals surface area contributed by atoms with Crippen LogP contribution in [0.25, 0.3) is 0 Å². The molecule has 0 atom stereocenters. The minimum atomic E-state index is -0.462. The number of isocyanates is 1. The molecule has 1 fully saturated rings. The molecule has 0 aliphatic heterocycles. The van der Waals surface area contributed by atoms with E-state index in [1.807, 2.05) is 13.0 Å². The lowest BCUT2D eigenvalue weighted by atomic mass is 9.95. The molecule has 2 rings (SSSR count). The average Bonchev–Trinajstić information content (AvgIpc) is 3.18. The Morgan fingerprint density at radius 1 is 1.37 bits per heavy atom. The van der Waals surface area contributed by atoms with Crippen LogP contribution in [0.1, 0.15) is 30.9 Å². The molecule has 1 saturated carbocycles. The van der Waals surface area contributed by atoms with Gasteiger partial charge in [-0.3, -0.25) is 0 Å². The summed E-state index contributed by atoms with van der Waals surface area (Å²) in [5.74, 6) is 1.15. The summed E-state index contributed by atoms with van der Waals surface area (Å²) in [7, 11) is 3.14. The monoisotopic (exact) mass is 281 g/mol. The number of hydrogen-bond acceptors (Lipinski definition) is 4. The fraction of sp³-hybridized carbons (Fsp3) is 0.500. The van der Waals surface area contributed by atoms with E-state index in [4.69, 9.17) is 21.1 Å². The number of hydrogen-bond donors (Lipinski definition) is 0. The second kappa shape index (κ2) is 5.24. The zero-order valence-corrected chi connectivity index (χ0v) is 12.0. The first-order valence-electron chi connectivity index (χ1n) is 6.16. The number of ether oxygens (including phenoxy) is 2. The van der Waals surface area contributed by atoms with Crippen LogP contribution >= 0.6 is 11.6 Å². The second-order valence-electron chi connectivity index (χ2n) is 4.54. The number of methoxy groups -OCH3 is 2. The van der Waals surface area contributed by atoms with Crippen molar-refractivity contribution < 1.29 is 14.3 Å². The van der Waals surface area contributed by atoms with E-state index >= 15 is 0 Å². The minimum Gasteiger partial charge on any atom is -0.493 e. The smallest absolute Gasteiger partial charge is 0.235 e. The second-order valence-corrected chi connectivity index (χ2v) is 4.95. The van der Waals surface area contributed by atoms with Gasteiger partial charge in [0.25, 0.3) is 0 Å². The fourth-order valence-electron chi connectivity index (χ4n) is 2.47. The normalized spacial score (nSPS) is 15.6. The van der Waals surface area contributed by atoms with Crippen molar-refractivity contribution in [3.63, 3.8) is 0 Å². The third kappa shape index (κ3) is 2.22. The van der Waals surface area contributed by atoms with Gasteiger partial charge in [0, 0.05) is 5.56 Å². The molecule has 0 unspecified atom stereocenters. The Kier molecular flexibility index (Phi) is 3.83. The van der Waals surface area contributed by atoms with E-state index < -0.39 is 5.54 Å². The third-order valence-electron chi connectivity index (χ3n) is 3.54. The Morgan fingerprint density at radius 3 is 2.42 bits per heavy atom. The van der Waals surface area contributed by atoms with Gasteiger partial charge in [0.1, 0.15) is 0 Å². The van der Waals surface area contributed by atoms with Gasteiger partial charge in [-0.05, 0) is 30.9 Å². The molecule has 0 radical (unpaired) electrons. The topological polar surface area (TPSA) is 47.9 Å². The van der Waals surface area contributed by atoms with Crippen molar-refractivity contribution in [3.8, 4) is 11.5 Å². The highest BCUT2D eigenvalue weighted by molar-refractivity contribution is 6.32. The van der Waals surface area contributed by atoms with Crippen LogP contribution in [0.2, 0.25) is 5.02 Å². The third-order valence-corrected chi connectivity index (χ3v) is 3.82. The zero-order chi connectivity index (χ0) is 14.0. The highest BCUT2D eigenvalue weighted by Gasteiger charge is 2.47. The largest absolute Gasteiger partial charge is 0.493 e. The van der Waals surface area contributed by atoms with Gasteiger partial charge in [-0.25, -0.2) is 4.79 Å². The van der Waals surface area contributed by atoms with Crippen LogP contribution in [-0.4, -0.2) is 20.3 Å². The molecule has 1 aromatic carbocycles. The summed E-state index contributed by atoms with van der Waals surface area (Å²) in [6, 6.07) is 1.83. The lowest BCUT2D eigenvalue weighted by molar-refractivity contribution is 0.351. The van der Waals surface area contributed by atoms with Crippen LogP contribution < -0.4 is 9.47 Å². The summed E-state index contributed by atoms with van der Waals surface area (Å²) < 4.78 is 10.7. The number of carbonyl (C=O) groups excluding carboxylic acids is 1. The van der Waals surface area contributed by atoms with Gasteiger partial charge in [0.15, 0.2) is 11.5 Å². The molecule has 1 aliphatic carbocycles. The van der Waals surface area contributed by atoms with Crippen molar-refractivity contribution in [1.82, 2.24) is 0 Å². The predicted octanol–water partition coefficient (Wildman–Crippen LogP) is 3.24. The lowest BCUT2D eigenvalue weighted by Gasteiger charge is -2.20. The summed E-state index contributed by atoms with van der Waals surface area (Å²) >= 11 is 6.23. The molecule has 0 spiro atoms. The molecule has 4 nitrogen and oxygen atoms in total. The Labute approximate surface area is 117 Å². The van der Waals surface area contributed by atoms with Gasteiger partial charge in [-0.15, -0.1) is 0 Å². The maximum atomic E-state index is 10.6. The van der Waals surface area contributed by atoms with Gasteiger partial charge >= 0.3 is 0 Å². The van der Waals surface area contributed by atoms with Crippen LogP contribution in [-0.2, 0) is 16.8 Å². The van der Waals surface area contributed by atoms with Crippen molar-refractivity contribution in [2.45, 2.75) is 31.7 Å². The van der Waals surface area contributed by atoms with E-state index in [1.165, 1.54) is 0 Å². The van der Waals surface area contributed by atoms with E-state index in [9.17, 15) is 4.79 Å². The van der Waals surface area contributed by atoms with Crippen LogP contribution in [0.5, 0.6) is 11.5 Å². The fourth-order valence-corrected chi connectivity index (χ4v) is 2.74. The maximum Gasteiger partial charge on any atom is 0.235 e. The summed E-state index contributed by atoms with van der Waals surface area (Å²) in [5, 5.41) is 0.471. The van der Waals surface area contributed by atoms with Gasteiger partial charge in [-0.1, -0.05) is 18.5 Å². The van der Waals surface area contributed by atoms with Gasteiger partial charge in [0.2, 0.25) is 6.08 Å². The Bertz CT molecular complexity index is 546. The molecule has 0 bridgehead atoms. The molecule has 1 aliphatic rings. The summed E-state index contributed by atoms with van der Waals surface area (Å²) in [5.41, 5.74) is 1.47. The number of benzene rings is 1. The number of aliphatic imine (C=N–C) groups is 1. The molecule has 5 heteroatoms. The molecule has 102 valence electrons.